The van der Waals surface area contributed by atoms with Gasteiger partial charge in [-0.3, -0.25) is 9.78 Å². The van der Waals surface area contributed by atoms with E-state index >= 15 is 0 Å². The van der Waals surface area contributed by atoms with E-state index in [4.69, 9.17) is 5.26 Å². The normalized spacial score (nSPS) is 17.3. The molecular weight excluding hydrogens is 326 g/mol. The lowest BCUT2D eigenvalue weighted by Crippen LogP contribution is -2.50. The summed E-state index contributed by atoms with van der Waals surface area (Å²) in [5.74, 6) is -0.00325. The minimum Gasteiger partial charge on any atom is -0.383 e. The first kappa shape index (κ1) is 18.2. The molecule has 1 aliphatic heterocycles. The van der Waals surface area contributed by atoms with Gasteiger partial charge in [0.25, 0.3) is 0 Å². The Kier molecular flexibility index (Phi) is 5.38. The smallest absolute Gasteiger partial charge is 0.237 e. The average Bonchev–Trinajstić information content (AvgIpc) is 3.13. The van der Waals surface area contributed by atoms with Crippen molar-refractivity contribution in [2.45, 2.75) is 38.3 Å². The Morgan fingerprint density at radius 1 is 1.38 bits per heavy atom. The average molecular weight is 351 g/mol. The molecule has 136 valence electrons. The molecule has 0 saturated carbocycles. The van der Waals surface area contributed by atoms with Gasteiger partial charge in [0.2, 0.25) is 5.91 Å². The number of para-hydroxylation sites is 1. The topological polar surface area (TPSA) is 81.1 Å². The standard InChI is InChI=1S/C20H25N5O/c1-20(2,24-13-19(26)25-11-5-6-15(25)12-21)14-23-18-9-10-22-17-8-4-3-7-16(17)18/h3-4,7-10,15,24H,5-6,11,13-14H2,1-2H3,(H,22,23)/t15-/m0/s1. The van der Waals surface area contributed by atoms with Gasteiger partial charge in [0.1, 0.15) is 6.04 Å². The molecule has 0 aliphatic carbocycles. The Labute approximate surface area is 154 Å². The number of benzene rings is 1. The molecule has 26 heavy (non-hydrogen) atoms. The van der Waals surface area contributed by atoms with E-state index in [1.165, 1.54) is 0 Å². The van der Waals surface area contributed by atoms with Crippen molar-refractivity contribution in [3.8, 4) is 6.07 Å². The van der Waals surface area contributed by atoms with Gasteiger partial charge in [-0.2, -0.15) is 5.26 Å². The number of fused-ring (bicyclic) bond motifs is 1. The first-order valence-corrected chi connectivity index (χ1v) is 9.02. The van der Waals surface area contributed by atoms with Crippen LogP contribution in [0.25, 0.3) is 10.9 Å². The predicted molar refractivity (Wildman–Crippen MR) is 103 cm³/mol. The van der Waals surface area contributed by atoms with Crippen LogP contribution in [0.4, 0.5) is 5.69 Å². The van der Waals surface area contributed by atoms with E-state index in [9.17, 15) is 4.79 Å². The molecule has 0 unspecified atom stereocenters. The van der Waals surface area contributed by atoms with Crippen LogP contribution in [0.5, 0.6) is 0 Å². The Balaban J connectivity index is 1.57. The molecule has 6 heteroatoms. The number of carbonyl (C=O) groups excluding carboxylic acids is 1. The SMILES string of the molecule is CC(C)(CNc1ccnc2ccccc12)NCC(=O)N1CCC[C@H]1C#N. The lowest BCUT2D eigenvalue weighted by molar-refractivity contribution is -0.130. The number of likely N-dealkylation sites (tertiary alicyclic amines) is 1. The second-order valence-electron chi connectivity index (χ2n) is 7.34. The van der Waals surface area contributed by atoms with Gasteiger partial charge in [-0.05, 0) is 38.8 Å². The molecule has 0 spiro atoms. The molecule has 0 radical (unpaired) electrons. The Bertz CT molecular complexity index is 821. The lowest BCUT2D eigenvalue weighted by atomic mass is 10.1. The number of hydrogen-bond donors (Lipinski definition) is 2. The van der Waals surface area contributed by atoms with E-state index in [0.717, 1.165) is 29.4 Å². The summed E-state index contributed by atoms with van der Waals surface area (Å²) < 4.78 is 0. The molecule has 1 aromatic heterocycles. The largest absolute Gasteiger partial charge is 0.383 e. The summed E-state index contributed by atoms with van der Waals surface area (Å²) in [6.45, 7) is 5.70. The highest BCUT2D eigenvalue weighted by Gasteiger charge is 2.29. The molecule has 0 bridgehead atoms. The minimum absolute atomic E-state index is 0.00325. The molecule has 2 N–H and O–H groups in total. The number of nitriles is 1. The maximum atomic E-state index is 12.4. The number of rotatable bonds is 6. The van der Waals surface area contributed by atoms with Crippen LogP contribution in [0.1, 0.15) is 26.7 Å². The van der Waals surface area contributed by atoms with Gasteiger partial charge >= 0.3 is 0 Å². The Morgan fingerprint density at radius 2 is 2.19 bits per heavy atom. The third-order valence-electron chi connectivity index (χ3n) is 4.81. The summed E-state index contributed by atoms with van der Waals surface area (Å²) in [7, 11) is 0. The fraction of sp³-hybridized carbons (Fsp3) is 0.450. The molecule has 1 fully saturated rings. The van der Waals surface area contributed by atoms with Gasteiger partial charge in [0.05, 0.1) is 18.1 Å². The van der Waals surface area contributed by atoms with Crippen LogP contribution in [0.15, 0.2) is 36.5 Å². The van der Waals surface area contributed by atoms with E-state index in [-0.39, 0.29) is 24.0 Å². The van der Waals surface area contributed by atoms with Gasteiger partial charge in [0, 0.05) is 35.9 Å². The van der Waals surface area contributed by atoms with Crippen LogP contribution in [0, 0.1) is 11.3 Å². The van der Waals surface area contributed by atoms with E-state index in [1.54, 1.807) is 11.1 Å². The number of nitrogens with zero attached hydrogens (tertiary/aromatic N) is 3. The van der Waals surface area contributed by atoms with Crippen molar-refractivity contribution >= 4 is 22.5 Å². The zero-order valence-electron chi connectivity index (χ0n) is 15.3. The molecule has 3 rings (SSSR count). The summed E-state index contributed by atoms with van der Waals surface area (Å²) >= 11 is 0. The monoisotopic (exact) mass is 351 g/mol. The third-order valence-corrected chi connectivity index (χ3v) is 4.81. The molecule has 1 aromatic carbocycles. The van der Waals surface area contributed by atoms with Gasteiger partial charge < -0.3 is 15.5 Å². The summed E-state index contributed by atoms with van der Waals surface area (Å²) in [5.41, 5.74) is 1.71. The maximum Gasteiger partial charge on any atom is 0.237 e. The number of hydrogen-bond acceptors (Lipinski definition) is 5. The molecule has 1 amide bonds. The second kappa shape index (κ2) is 7.71. The number of aromatic nitrogens is 1. The fourth-order valence-corrected chi connectivity index (χ4v) is 3.24. The van der Waals surface area contributed by atoms with Crippen LogP contribution in [0.3, 0.4) is 0 Å². The summed E-state index contributed by atoms with van der Waals surface area (Å²) in [4.78, 5) is 18.5. The van der Waals surface area contributed by atoms with E-state index in [2.05, 4.69) is 35.5 Å². The van der Waals surface area contributed by atoms with Gasteiger partial charge in [-0.15, -0.1) is 0 Å². The van der Waals surface area contributed by atoms with E-state index < -0.39 is 0 Å². The van der Waals surface area contributed by atoms with Crippen LogP contribution in [0.2, 0.25) is 0 Å². The number of carbonyl (C=O) groups is 1. The highest BCUT2D eigenvalue weighted by atomic mass is 16.2. The molecular formula is C20H25N5O. The number of amides is 1. The van der Waals surface area contributed by atoms with Crippen molar-refractivity contribution < 1.29 is 4.79 Å². The highest BCUT2D eigenvalue weighted by Crippen LogP contribution is 2.21. The van der Waals surface area contributed by atoms with Gasteiger partial charge in [-0.1, -0.05) is 18.2 Å². The van der Waals surface area contributed by atoms with E-state index in [1.807, 2.05) is 30.3 Å². The van der Waals surface area contributed by atoms with Crippen molar-refractivity contribution in [1.82, 2.24) is 15.2 Å². The van der Waals surface area contributed by atoms with Crippen molar-refractivity contribution in [3.05, 3.63) is 36.5 Å². The molecule has 6 nitrogen and oxygen atoms in total. The highest BCUT2D eigenvalue weighted by molar-refractivity contribution is 5.90. The maximum absolute atomic E-state index is 12.4. The first-order chi connectivity index (χ1) is 12.5. The van der Waals surface area contributed by atoms with Crippen molar-refractivity contribution in [2.75, 3.05) is 25.0 Å². The minimum atomic E-state index is -0.276. The quantitative estimate of drug-likeness (QED) is 0.836. The van der Waals surface area contributed by atoms with Crippen LogP contribution in [-0.2, 0) is 4.79 Å². The summed E-state index contributed by atoms with van der Waals surface area (Å²) in [6, 6.07) is 11.9. The van der Waals surface area contributed by atoms with Crippen LogP contribution < -0.4 is 10.6 Å². The number of nitrogens with one attached hydrogen (secondary N) is 2. The van der Waals surface area contributed by atoms with Crippen LogP contribution >= 0.6 is 0 Å². The third kappa shape index (κ3) is 4.12. The second-order valence-corrected chi connectivity index (χ2v) is 7.34. The molecule has 2 heterocycles. The molecule has 1 saturated heterocycles. The number of pyridine rings is 1. The zero-order chi connectivity index (χ0) is 18.6. The number of anilines is 1. The summed E-state index contributed by atoms with van der Waals surface area (Å²) in [6.07, 6.45) is 3.48. The van der Waals surface area contributed by atoms with Gasteiger partial charge in [-0.25, -0.2) is 0 Å². The van der Waals surface area contributed by atoms with Gasteiger partial charge in [0.15, 0.2) is 0 Å². The van der Waals surface area contributed by atoms with Crippen molar-refractivity contribution in [2.24, 2.45) is 0 Å². The molecule has 2 aromatic rings. The lowest BCUT2D eigenvalue weighted by Gasteiger charge is -2.29. The van der Waals surface area contributed by atoms with Crippen molar-refractivity contribution in [1.29, 1.82) is 5.26 Å². The first-order valence-electron chi connectivity index (χ1n) is 9.02. The van der Waals surface area contributed by atoms with Crippen LogP contribution in [-0.4, -0.2) is 47.0 Å². The van der Waals surface area contributed by atoms with E-state index in [0.29, 0.717) is 13.1 Å². The zero-order valence-corrected chi connectivity index (χ0v) is 15.3. The molecule has 1 aliphatic rings. The Morgan fingerprint density at radius 3 is 3.00 bits per heavy atom. The van der Waals surface area contributed by atoms with Crippen molar-refractivity contribution in [3.63, 3.8) is 0 Å². The summed E-state index contributed by atoms with van der Waals surface area (Å²) in [5, 5.41) is 17.0. The fourth-order valence-electron chi connectivity index (χ4n) is 3.24. The molecule has 1 atom stereocenters. The predicted octanol–water partition coefficient (Wildman–Crippen LogP) is 2.53. The Hall–Kier alpha value is -2.65.